The predicted molar refractivity (Wildman–Crippen MR) is 89.6 cm³/mol. The van der Waals surface area contributed by atoms with Crippen molar-refractivity contribution in [1.29, 1.82) is 5.26 Å². The first-order chi connectivity index (χ1) is 11.6. The second-order valence-electron chi connectivity index (χ2n) is 6.82. The molecule has 0 bridgehead atoms. The van der Waals surface area contributed by atoms with Crippen LogP contribution in [0.3, 0.4) is 0 Å². The summed E-state index contributed by atoms with van der Waals surface area (Å²) in [6.07, 6.45) is 13.4. The molecule has 126 valence electrons. The Bertz CT molecular complexity index is 667. The van der Waals surface area contributed by atoms with E-state index in [9.17, 15) is 14.9 Å². The molecule has 0 aromatic carbocycles. The number of carbonyl (C=O) groups is 2. The van der Waals surface area contributed by atoms with E-state index < -0.39 is 11.4 Å². The van der Waals surface area contributed by atoms with Crippen molar-refractivity contribution in [3.63, 3.8) is 0 Å². The number of rotatable bonds is 2. The molecule has 4 heteroatoms. The molecule has 0 heterocycles. The van der Waals surface area contributed by atoms with Crippen LogP contribution in [0.15, 0.2) is 36.0 Å². The van der Waals surface area contributed by atoms with Gasteiger partial charge in [-0.25, -0.2) is 4.79 Å². The minimum atomic E-state index is -1.34. The highest BCUT2D eigenvalue weighted by Crippen LogP contribution is 2.59. The molecule has 3 aliphatic rings. The summed E-state index contributed by atoms with van der Waals surface area (Å²) in [5.41, 5.74) is -0.532. The lowest BCUT2D eigenvalue weighted by Gasteiger charge is -2.31. The summed E-state index contributed by atoms with van der Waals surface area (Å²) in [5, 5.41) is 10.1. The minimum Gasteiger partial charge on any atom is -0.465 e. The topological polar surface area (TPSA) is 67.2 Å². The summed E-state index contributed by atoms with van der Waals surface area (Å²) in [6.45, 7) is 1.98. The van der Waals surface area contributed by atoms with Crippen molar-refractivity contribution < 1.29 is 14.3 Å². The van der Waals surface area contributed by atoms with Gasteiger partial charge in [-0.3, -0.25) is 4.79 Å². The van der Waals surface area contributed by atoms with E-state index in [0.717, 1.165) is 24.8 Å². The highest BCUT2D eigenvalue weighted by Gasteiger charge is 2.62. The van der Waals surface area contributed by atoms with E-state index in [1.165, 1.54) is 0 Å². The summed E-state index contributed by atoms with van der Waals surface area (Å²) >= 11 is 0. The predicted octanol–water partition coefficient (Wildman–Crippen LogP) is 3.51. The number of ketones is 1. The third kappa shape index (κ3) is 2.53. The first-order valence-electron chi connectivity index (χ1n) is 8.80. The van der Waals surface area contributed by atoms with Crippen molar-refractivity contribution in [3.8, 4) is 6.07 Å². The number of nitrogens with zero attached hydrogens (tertiary/aromatic N) is 1. The smallest absolute Gasteiger partial charge is 0.331 e. The molecule has 0 N–H and O–H groups in total. The molecule has 0 radical (unpaired) electrons. The molecule has 3 aliphatic carbocycles. The molecule has 0 spiro atoms. The van der Waals surface area contributed by atoms with E-state index in [2.05, 4.69) is 12.1 Å². The number of carbonyl (C=O) groups excluding carboxylic acids is 2. The van der Waals surface area contributed by atoms with Crippen molar-refractivity contribution in [3.05, 3.63) is 36.0 Å². The van der Waals surface area contributed by atoms with Gasteiger partial charge in [0.25, 0.3) is 0 Å². The fourth-order valence-electron chi connectivity index (χ4n) is 4.62. The van der Waals surface area contributed by atoms with E-state index in [0.29, 0.717) is 12.8 Å². The number of ether oxygens (including phenoxy) is 1. The van der Waals surface area contributed by atoms with Crippen molar-refractivity contribution in [2.45, 2.75) is 39.0 Å². The number of Topliss-reactive ketones (excluding diaryl/α,β-unsaturated/α-hetero) is 1. The van der Waals surface area contributed by atoms with Crippen molar-refractivity contribution in [2.24, 2.45) is 23.2 Å². The molecule has 0 amide bonds. The normalized spacial score (nSPS) is 34.9. The zero-order valence-electron chi connectivity index (χ0n) is 14.0. The molecule has 0 unspecified atom stereocenters. The summed E-state index contributed by atoms with van der Waals surface area (Å²) in [7, 11) is 0. The maximum atomic E-state index is 12.9. The first-order valence-corrected chi connectivity index (χ1v) is 8.80. The molecule has 0 aromatic heterocycles. The largest absolute Gasteiger partial charge is 0.465 e. The Morgan fingerprint density at radius 2 is 2.21 bits per heavy atom. The summed E-state index contributed by atoms with van der Waals surface area (Å²) in [4.78, 5) is 25.2. The molecule has 24 heavy (non-hydrogen) atoms. The molecule has 3 rings (SSSR count). The fraction of sp³-hybridized carbons (Fsp3) is 0.550. The molecule has 4 nitrogen and oxygen atoms in total. The van der Waals surface area contributed by atoms with E-state index in [1.54, 1.807) is 6.92 Å². The molecule has 2 saturated carbocycles. The number of fused-ring (bicyclic) bond motifs is 3. The average molecular weight is 325 g/mol. The molecule has 0 aliphatic heterocycles. The van der Waals surface area contributed by atoms with Crippen molar-refractivity contribution >= 4 is 11.8 Å². The maximum absolute atomic E-state index is 12.9. The van der Waals surface area contributed by atoms with Crippen LogP contribution in [0.1, 0.15) is 39.0 Å². The van der Waals surface area contributed by atoms with E-state index >= 15 is 0 Å². The quantitative estimate of drug-likeness (QED) is 0.729. The van der Waals surface area contributed by atoms with Gasteiger partial charge in [0.05, 0.1) is 12.7 Å². The van der Waals surface area contributed by atoms with Gasteiger partial charge in [-0.15, -0.1) is 0 Å². The van der Waals surface area contributed by atoms with Crippen molar-refractivity contribution in [1.82, 2.24) is 0 Å². The van der Waals surface area contributed by atoms with Crippen LogP contribution in [-0.2, 0) is 14.3 Å². The lowest BCUT2D eigenvalue weighted by Crippen LogP contribution is -2.39. The van der Waals surface area contributed by atoms with Crippen LogP contribution in [-0.4, -0.2) is 18.4 Å². The minimum absolute atomic E-state index is 0.0277. The Balaban J connectivity index is 2.15. The second kappa shape index (κ2) is 6.76. The van der Waals surface area contributed by atoms with Gasteiger partial charge in [0, 0.05) is 24.7 Å². The Kier molecular flexibility index (Phi) is 4.71. The SMILES string of the molecule is CCOC(=O)[C@@]1(C#N)C2=CC=CC=C[C@@H]2[C@@H]2CCCCC(=O)C[C@@H]21. The third-order valence-corrected chi connectivity index (χ3v) is 5.63. The number of hydrogen-bond donors (Lipinski definition) is 0. The van der Waals surface area contributed by atoms with Crippen LogP contribution in [0.2, 0.25) is 0 Å². The number of nitriles is 1. The third-order valence-electron chi connectivity index (χ3n) is 5.63. The van der Waals surface area contributed by atoms with Crippen LogP contribution < -0.4 is 0 Å². The summed E-state index contributed by atoms with van der Waals surface area (Å²) in [6, 6.07) is 2.29. The number of hydrogen-bond acceptors (Lipinski definition) is 4. The van der Waals surface area contributed by atoms with Gasteiger partial charge in [-0.05, 0) is 31.3 Å². The second-order valence-corrected chi connectivity index (χ2v) is 6.82. The van der Waals surface area contributed by atoms with Gasteiger partial charge in [0.1, 0.15) is 5.78 Å². The number of esters is 1. The lowest BCUT2D eigenvalue weighted by atomic mass is 9.70. The zero-order valence-corrected chi connectivity index (χ0v) is 14.0. The van der Waals surface area contributed by atoms with Crippen LogP contribution in [0.4, 0.5) is 0 Å². The Morgan fingerprint density at radius 3 is 2.96 bits per heavy atom. The van der Waals surface area contributed by atoms with Crippen molar-refractivity contribution in [2.75, 3.05) is 6.61 Å². The monoisotopic (exact) mass is 325 g/mol. The summed E-state index contributed by atoms with van der Waals surface area (Å²) < 4.78 is 5.30. The average Bonchev–Trinajstić information content (AvgIpc) is 2.70. The molecular weight excluding hydrogens is 302 g/mol. The van der Waals surface area contributed by atoms with Gasteiger partial charge < -0.3 is 4.74 Å². The molecule has 4 atom stereocenters. The highest BCUT2D eigenvalue weighted by molar-refractivity contribution is 5.88. The van der Waals surface area contributed by atoms with Crippen LogP contribution >= 0.6 is 0 Å². The van der Waals surface area contributed by atoms with E-state index in [-0.39, 0.29) is 30.1 Å². The van der Waals surface area contributed by atoms with Crippen LogP contribution in [0, 0.1) is 34.5 Å². The van der Waals surface area contributed by atoms with Gasteiger partial charge in [-0.2, -0.15) is 5.26 Å². The van der Waals surface area contributed by atoms with Gasteiger partial charge in [-0.1, -0.05) is 36.8 Å². The Morgan fingerprint density at radius 1 is 1.38 bits per heavy atom. The fourth-order valence-corrected chi connectivity index (χ4v) is 4.62. The summed E-state index contributed by atoms with van der Waals surface area (Å²) in [5.74, 6) is -0.457. The highest BCUT2D eigenvalue weighted by atomic mass is 16.5. The molecule has 0 saturated heterocycles. The zero-order chi connectivity index (χ0) is 17.2. The van der Waals surface area contributed by atoms with Gasteiger partial charge in [0.2, 0.25) is 0 Å². The standard InChI is InChI=1S/C20H23NO3/c1-2-24-19(23)20(13-21)17-11-5-3-4-9-15(17)16-10-7-6-8-14(22)12-18(16)20/h3-5,9,11,15-16,18H,2,6-8,10,12H2,1H3/t15-,16+,18+,20+/m1/s1. The molecule has 2 fully saturated rings. The number of allylic oxidation sites excluding steroid dienone is 5. The van der Waals surface area contributed by atoms with Gasteiger partial charge in [0.15, 0.2) is 5.41 Å². The van der Waals surface area contributed by atoms with E-state index in [4.69, 9.17) is 4.74 Å². The van der Waals surface area contributed by atoms with Crippen LogP contribution in [0.25, 0.3) is 0 Å². The van der Waals surface area contributed by atoms with E-state index in [1.807, 2.05) is 24.3 Å². The Hall–Kier alpha value is -2.15. The maximum Gasteiger partial charge on any atom is 0.331 e. The first kappa shape index (κ1) is 16.7. The molecule has 0 aromatic rings. The lowest BCUT2D eigenvalue weighted by molar-refractivity contribution is -0.152. The Labute approximate surface area is 142 Å². The molecular formula is C20H23NO3. The van der Waals surface area contributed by atoms with Crippen LogP contribution in [0.5, 0.6) is 0 Å². The van der Waals surface area contributed by atoms with Gasteiger partial charge >= 0.3 is 5.97 Å².